The number of aliphatic imine (C=N–C) groups is 1. The predicted molar refractivity (Wildman–Crippen MR) is 142 cm³/mol. The number of rotatable bonds is 6. The van der Waals surface area contributed by atoms with E-state index in [1.54, 1.807) is 11.3 Å². The van der Waals surface area contributed by atoms with E-state index in [0.717, 1.165) is 27.9 Å². The monoisotopic (exact) mass is 564 g/mol. The highest BCUT2D eigenvalue weighted by Crippen LogP contribution is 2.29. The molecule has 0 aliphatic carbocycles. The summed E-state index contributed by atoms with van der Waals surface area (Å²) in [7, 11) is 0. The molecule has 4 rings (SSSR count). The second-order valence-corrected chi connectivity index (χ2v) is 8.73. The lowest BCUT2D eigenvalue weighted by molar-refractivity contribution is -0.130. The first-order valence-electron chi connectivity index (χ1n) is 10.7. The Kier molecular flexibility index (Phi) is 8.89. The van der Waals surface area contributed by atoms with E-state index in [4.69, 9.17) is 0 Å². The van der Waals surface area contributed by atoms with Crippen molar-refractivity contribution in [2.24, 2.45) is 4.99 Å². The molecular formula is C24H29IN4O2S. The van der Waals surface area contributed by atoms with Gasteiger partial charge in [0.05, 0.1) is 0 Å². The summed E-state index contributed by atoms with van der Waals surface area (Å²) in [6.07, 6.45) is 0.237. The van der Waals surface area contributed by atoms with E-state index < -0.39 is 6.10 Å². The molecule has 32 heavy (non-hydrogen) atoms. The Labute approximate surface area is 209 Å². The summed E-state index contributed by atoms with van der Waals surface area (Å²) in [4.78, 5) is 19.9. The smallest absolute Gasteiger partial charge is 0.244 e. The summed E-state index contributed by atoms with van der Waals surface area (Å²) < 4.78 is 1.16. The van der Waals surface area contributed by atoms with Crippen LogP contribution in [0.15, 0.2) is 59.6 Å². The largest absolute Gasteiger partial charge is 0.386 e. The Morgan fingerprint density at radius 2 is 1.91 bits per heavy atom. The number of carbonyl (C=O) groups is 1. The van der Waals surface area contributed by atoms with Gasteiger partial charge in [0.15, 0.2) is 5.96 Å². The molecule has 0 saturated heterocycles. The number of hydrogen-bond acceptors (Lipinski definition) is 4. The highest BCUT2D eigenvalue weighted by molar-refractivity contribution is 14.0. The van der Waals surface area contributed by atoms with Gasteiger partial charge < -0.3 is 20.6 Å². The van der Waals surface area contributed by atoms with Gasteiger partial charge in [-0.25, -0.2) is 4.99 Å². The number of aliphatic hydroxyl groups excluding tert-OH is 1. The first-order valence-corrected chi connectivity index (χ1v) is 11.5. The van der Waals surface area contributed by atoms with Crippen LogP contribution in [0.1, 0.15) is 29.0 Å². The number of halogens is 1. The van der Waals surface area contributed by atoms with Crippen LogP contribution >= 0.6 is 35.3 Å². The van der Waals surface area contributed by atoms with Crippen molar-refractivity contribution in [2.45, 2.75) is 26.0 Å². The SMILES string of the molecule is CCNC(=NCC(=O)N1CCc2ccccc2C1)NCC(O)c1cc2ccccc2s1.I. The summed E-state index contributed by atoms with van der Waals surface area (Å²) in [6, 6.07) is 18.4. The van der Waals surface area contributed by atoms with Crippen molar-refractivity contribution >= 4 is 57.3 Å². The van der Waals surface area contributed by atoms with Crippen LogP contribution in [0.4, 0.5) is 0 Å². The van der Waals surface area contributed by atoms with Gasteiger partial charge in [0.2, 0.25) is 5.91 Å². The van der Waals surface area contributed by atoms with Crippen LogP contribution in [0.3, 0.4) is 0 Å². The highest BCUT2D eigenvalue weighted by Gasteiger charge is 2.20. The number of guanidine groups is 1. The second kappa shape index (κ2) is 11.6. The molecule has 1 aromatic heterocycles. The summed E-state index contributed by atoms with van der Waals surface area (Å²) in [6.45, 7) is 4.42. The zero-order valence-corrected chi connectivity index (χ0v) is 21.2. The van der Waals surface area contributed by atoms with Gasteiger partial charge in [0.1, 0.15) is 12.6 Å². The molecular weight excluding hydrogens is 535 g/mol. The molecule has 0 fully saturated rings. The standard InChI is InChI=1S/C24H28N4O2S.HI/c1-2-25-24(26-14-20(29)22-13-18-8-5-6-10-21(18)31-22)27-15-23(30)28-12-11-17-7-3-4-9-19(17)16-28;/h3-10,13,20,29H,2,11-12,14-16H2,1H3,(H2,25,26,27);1H. The number of carbonyl (C=O) groups excluding carboxylic acids is 1. The number of nitrogens with zero attached hydrogens (tertiary/aromatic N) is 2. The van der Waals surface area contributed by atoms with E-state index in [0.29, 0.717) is 25.6 Å². The van der Waals surface area contributed by atoms with Gasteiger partial charge in [0.25, 0.3) is 0 Å². The minimum atomic E-state index is -0.643. The number of benzene rings is 2. The lowest BCUT2D eigenvalue weighted by atomic mass is 10.00. The molecule has 1 aliphatic heterocycles. The van der Waals surface area contributed by atoms with Gasteiger partial charge in [0, 0.05) is 35.8 Å². The van der Waals surface area contributed by atoms with Crippen LogP contribution in [0.2, 0.25) is 0 Å². The lowest BCUT2D eigenvalue weighted by Crippen LogP contribution is -2.41. The number of nitrogens with one attached hydrogen (secondary N) is 2. The minimum absolute atomic E-state index is 0. The maximum absolute atomic E-state index is 12.7. The van der Waals surface area contributed by atoms with E-state index in [1.165, 1.54) is 11.1 Å². The van der Waals surface area contributed by atoms with E-state index in [1.807, 2.05) is 48.2 Å². The van der Waals surface area contributed by atoms with Gasteiger partial charge in [-0.1, -0.05) is 42.5 Å². The minimum Gasteiger partial charge on any atom is -0.386 e. The predicted octanol–water partition coefficient (Wildman–Crippen LogP) is 3.69. The number of fused-ring (bicyclic) bond motifs is 2. The van der Waals surface area contributed by atoms with Crippen molar-refractivity contribution in [1.29, 1.82) is 0 Å². The first-order chi connectivity index (χ1) is 15.1. The third kappa shape index (κ3) is 5.99. The van der Waals surface area contributed by atoms with Gasteiger partial charge in [-0.05, 0) is 42.0 Å². The van der Waals surface area contributed by atoms with Crippen LogP contribution in [0, 0.1) is 0 Å². The van der Waals surface area contributed by atoms with Crippen LogP contribution in [0.25, 0.3) is 10.1 Å². The molecule has 8 heteroatoms. The lowest BCUT2D eigenvalue weighted by Gasteiger charge is -2.28. The summed E-state index contributed by atoms with van der Waals surface area (Å²) in [5.74, 6) is 0.546. The number of aliphatic hydroxyl groups is 1. The van der Waals surface area contributed by atoms with E-state index >= 15 is 0 Å². The van der Waals surface area contributed by atoms with Gasteiger partial charge >= 0.3 is 0 Å². The fourth-order valence-electron chi connectivity index (χ4n) is 3.76. The average Bonchev–Trinajstić information content (AvgIpc) is 3.24. The molecule has 0 radical (unpaired) electrons. The first kappa shape index (κ1) is 24.5. The van der Waals surface area contributed by atoms with Crippen molar-refractivity contribution in [3.05, 3.63) is 70.6 Å². The van der Waals surface area contributed by atoms with Crippen molar-refractivity contribution < 1.29 is 9.90 Å². The summed E-state index contributed by atoms with van der Waals surface area (Å²) >= 11 is 1.59. The van der Waals surface area contributed by atoms with Crippen LogP contribution in [-0.4, -0.2) is 48.1 Å². The fourth-order valence-corrected chi connectivity index (χ4v) is 4.81. The molecule has 2 aromatic carbocycles. The van der Waals surface area contributed by atoms with Crippen LogP contribution in [0.5, 0.6) is 0 Å². The number of thiophene rings is 1. The number of amides is 1. The third-order valence-corrected chi connectivity index (χ3v) is 6.65. The summed E-state index contributed by atoms with van der Waals surface area (Å²) in [5, 5.41) is 18.1. The molecule has 170 valence electrons. The van der Waals surface area contributed by atoms with Gasteiger partial charge in [-0.3, -0.25) is 4.79 Å². The van der Waals surface area contributed by atoms with Crippen molar-refractivity contribution in [1.82, 2.24) is 15.5 Å². The molecule has 2 heterocycles. The molecule has 1 amide bonds. The van der Waals surface area contributed by atoms with Crippen LogP contribution < -0.4 is 10.6 Å². The van der Waals surface area contributed by atoms with Crippen molar-refractivity contribution in [2.75, 3.05) is 26.2 Å². The van der Waals surface area contributed by atoms with Gasteiger partial charge in [-0.15, -0.1) is 35.3 Å². The zero-order valence-electron chi connectivity index (χ0n) is 18.1. The van der Waals surface area contributed by atoms with E-state index in [-0.39, 0.29) is 36.4 Å². The fraction of sp³-hybridized carbons (Fsp3) is 0.333. The Balaban J connectivity index is 0.00000289. The van der Waals surface area contributed by atoms with E-state index in [9.17, 15) is 9.90 Å². The second-order valence-electron chi connectivity index (χ2n) is 7.61. The highest BCUT2D eigenvalue weighted by atomic mass is 127. The van der Waals surface area contributed by atoms with Gasteiger partial charge in [-0.2, -0.15) is 0 Å². The maximum Gasteiger partial charge on any atom is 0.244 e. The molecule has 3 aromatic rings. The molecule has 0 saturated carbocycles. The maximum atomic E-state index is 12.7. The zero-order chi connectivity index (χ0) is 21.6. The molecule has 0 spiro atoms. The third-order valence-electron chi connectivity index (χ3n) is 5.44. The normalized spacial score (nSPS) is 14.4. The molecule has 3 N–H and O–H groups in total. The Morgan fingerprint density at radius 3 is 2.69 bits per heavy atom. The Bertz CT molecular complexity index is 1050. The number of hydrogen-bond donors (Lipinski definition) is 3. The van der Waals surface area contributed by atoms with E-state index in [2.05, 4.69) is 33.8 Å². The molecule has 0 bridgehead atoms. The van der Waals surface area contributed by atoms with Crippen molar-refractivity contribution in [3.63, 3.8) is 0 Å². The summed E-state index contributed by atoms with van der Waals surface area (Å²) in [5.41, 5.74) is 2.53. The molecule has 1 aliphatic rings. The quantitative estimate of drug-likeness (QED) is 0.243. The van der Waals surface area contributed by atoms with Crippen molar-refractivity contribution in [3.8, 4) is 0 Å². The molecule has 1 atom stereocenters. The Hall–Kier alpha value is -2.17. The Morgan fingerprint density at radius 1 is 1.16 bits per heavy atom. The molecule has 6 nitrogen and oxygen atoms in total. The molecule has 1 unspecified atom stereocenters. The average molecular weight is 564 g/mol. The topological polar surface area (TPSA) is 77.0 Å². The van der Waals surface area contributed by atoms with Crippen LogP contribution in [-0.2, 0) is 17.8 Å².